The van der Waals surface area contributed by atoms with E-state index in [0.717, 1.165) is 0 Å². The third-order valence-corrected chi connectivity index (χ3v) is 6.60. The van der Waals surface area contributed by atoms with Crippen molar-refractivity contribution in [3.05, 3.63) is 23.1 Å². The van der Waals surface area contributed by atoms with E-state index < -0.39 is 71.9 Å². The summed E-state index contributed by atoms with van der Waals surface area (Å²) >= 11 is 0. The number of hydrogen-bond donors (Lipinski definition) is 3. The topological polar surface area (TPSA) is 143 Å². The number of aromatic nitrogens is 1. The average Bonchev–Trinajstić information content (AvgIpc) is 3.19. The number of nitrogens with zero attached hydrogens (tertiary/aromatic N) is 2. The SMILES string of the molecule is CC1CN2c3c(cc4c(C(=O)NCC(F)F)noc4c3F)CC3(C(=O)NC(=O)NC3=O)C2C(C)O1. The van der Waals surface area contributed by atoms with Gasteiger partial charge in [0.25, 0.3) is 12.3 Å². The van der Waals surface area contributed by atoms with Gasteiger partial charge in [0.2, 0.25) is 17.4 Å². The monoisotopic (exact) mass is 495 g/mol. The number of barbiturate groups is 1. The van der Waals surface area contributed by atoms with Crippen LogP contribution in [0.15, 0.2) is 10.6 Å². The molecule has 2 saturated heterocycles. The molecule has 1 aromatic heterocycles. The van der Waals surface area contributed by atoms with Crippen molar-refractivity contribution in [3.63, 3.8) is 0 Å². The highest BCUT2D eigenvalue weighted by atomic mass is 19.3. The van der Waals surface area contributed by atoms with Crippen LogP contribution in [0.2, 0.25) is 0 Å². The average molecular weight is 495 g/mol. The highest BCUT2D eigenvalue weighted by molar-refractivity contribution is 6.20. The van der Waals surface area contributed by atoms with E-state index in [1.54, 1.807) is 18.7 Å². The number of fused-ring (bicyclic) bond motifs is 5. The number of morpholine rings is 1. The highest BCUT2D eigenvalue weighted by Gasteiger charge is 2.63. The number of nitrogens with one attached hydrogen (secondary N) is 3. The van der Waals surface area contributed by atoms with Crippen molar-refractivity contribution in [2.24, 2.45) is 5.41 Å². The zero-order valence-electron chi connectivity index (χ0n) is 18.5. The first-order valence-corrected chi connectivity index (χ1v) is 10.8. The number of carbonyl (C=O) groups is 4. The van der Waals surface area contributed by atoms with Crippen molar-refractivity contribution in [2.45, 2.75) is 44.9 Å². The lowest BCUT2D eigenvalue weighted by Gasteiger charge is -2.55. The Labute approximate surface area is 195 Å². The lowest BCUT2D eigenvalue weighted by molar-refractivity contribution is -0.153. The predicted octanol–water partition coefficient (Wildman–Crippen LogP) is 0.852. The zero-order valence-corrected chi connectivity index (χ0v) is 18.5. The second kappa shape index (κ2) is 7.93. The molecule has 14 heteroatoms. The van der Waals surface area contributed by atoms with E-state index in [4.69, 9.17) is 9.26 Å². The molecular formula is C21H20F3N5O6. The van der Waals surface area contributed by atoms with E-state index in [1.165, 1.54) is 6.07 Å². The number of carbonyl (C=O) groups excluding carboxylic acids is 4. The molecule has 35 heavy (non-hydrogen) atoms. The number of urea groups is 1. The summed E-state index contributed by atoms with van der Waals surface area (Å²) in [5, 5.41) is 9.67. The van der Waals surface area contributed by atoms with Crippen LogP contribution in [-0.4, -0.2) is 66.7 Å². The Bertz CT molecular complexity index is 1260. The van der Waals surface area contributed by atoms with Gasteiger partial charge < -0.3 is 19.5 Å². The van der Waals surface area contributed by atoms with E-state index in [2.05, 4.69) is 15.8 Å². The molecule has 186 valence electrons. The van der Waals surface area contributed by atoms with Crippen molar-refractivity contribution in [3.8, 4) is 0 Å². The van der Waals surface area contributed by atoms with Gasteiger partial charge in [-0.25, -0.2) is 18.0 Å². The molecule has 5 amide bonds. The summed E-state index contributed by atoms with van der Waals surface area (Å²) in [6.07, 6.45) is -4.25. The maximum Gasteiger partial charge on any atom is 0.328 e. The highest BCUT2D eigenvalue weighted by Crippen LogP contribution is 2.49. The fourth-order valence-corrected chi connectivity index (χ4v) is 5.37. The molecule has 0 saturated carbocycles. The first kappa shape index (κ1) is 23.1. The number of hydrogen-bond acceptors (Lipinski definition) is 8. The Balaban J connectivity index is 1.69. The molecule has 4 heterocycles. The minimum atomic E-state index is -2.81. The van der Waals surface area contributed by atoms with E-state index in [1.807, 2.05) is 5.32 Å². The largest absolute Gasteiger partial charge is 0.372 e. The summed E-state index contributed by atoms with van der Waals surface area (Å²) in [4.78, 5) is 52.0. The lowest BCUT2D eigenvalue weighted by atomic mass is 9.66. The number of halogens is 3. The standard InChI is InChI=1S/C21H20F3N5O6/c1-7-6-29-14-9(3-10-13(17(30)25-5-11(22)23)28-35-15(10)12(14)24)4-21(16(29)8(2)34-7)18(31)26-20(33)27-19(21)32/h3,7-8,11,16H,4-6H2,1-2H3,(H,25,30)(H2,26,27,31,32,33). The Morgan fingerprint density at radius 1 is 1.29 bits per heavy atom. The van der Waals surface area contributed by atoms with Crippen LogP contribution in [-0.2, 0) is 20.7 Å². The second-order valence-corrected chi connectivity index (χ2v) is 8.84. The minimum Gasteiger partial charge on any atom is -0.372 e. The Morgan fingerprint density at radius 2 is 1.97 bits per heavy atom. The molecule has 2 fully saturated rings. The summed E-state index contributed by atoms with van der Waals surface area (Å²) < 4.78 is 51.9. The van der Waals surface area contributed by atoms with Crippen LogP contribution in [0.25, 0.3) is 11.0 Å². The molecule has 0 radical (unpaired) electrons. The fraction of sp³-hybridized carbons (Fsp3) is 0.476. The number of benzene rings is 1. The van der Waals surface area contributed by atoms with Crippen molar-refractivity contribution in [1.29, 1.82) is 0 Å². The molecule has 3 aliphatic heterocycles. The first-order valence-electron chi connectivity index (χ1n) is 10.8. The van der Waals surface area contributed by atoms with Gasteiger partial charge in [-0.2, -0.15) is 0 Å². The number of rotatable bonds is 3. The van der Waals surface area contributed by atoms with Gasteiger partial charge in [0, 0.05) is 13.0 Å². The molecule has 0 bridgehead atoms. The van der Waals surface area contributed by atoms with Gasteiger partial charge in [0.1, 0.15) is 0 Å². The van der Waals surface area contributed by atoms with Crippen LogP contribution < -0.4 is 20.9 Å². The van der Waals surface area contributed by atoms with Gasteiger partial charge >= 0.3 is 6.03 Å². The van der Waals surface area contributed by atoms with E-state index >= 15 is 4.39 Å². The van der Waals surface area contributed by atoms with Crippen LogP contribution in [0.1, 0.15) is 29.9 Å². The minimum absolute atomic E-state index is 0.0447. The lowest BCUT2D eigenvalue weighted by Crippen LogP contribution is -2.75. The van der Waals surface area contributed by atoms with E-state index in [0.29, 0.717) is 0 Å². The van der Waals surface area contributed by atoms with E-state index in [9.17, 15) is 28.0 Å². The molecule has 3 atom stereocenters. The van der Waals surface area contributed by atoms with Gasteiger partial charge in [-0.3, -0.25) is 25.0 Å². The maximum atomic E-state index is 15.9. The molecule has 1 aromatic carbocycles. The summed E-state index contributed by atoms with van der Waals surface area (Å²) in [5.41, 5.74) is -2.42. The number of amides is 5. The molecular weight excluding hydrogens is 475 g/mol. The first-order chi connectivity index (χ1) is 16.5. The van der Waals surface area contributed by atoms with Crippen LogP contribution in [0, 0.1) is 11.2 Å². The molecule has 0 aliphatic carbocycles. The quantitative estimate of drug-likeness (QED) is 0.532. The van der Waals surface area contributed by atoms with Crippen molar-refractivity contribution in [2.75, 3.05) is 18.0 Å². The molecule has 3 unspecified atom stereocenters. The predicted molar refractivity (Wildman–Crippen MR) is 111 cm³/mol. The summed E-state index contributed by atoms with van der Waals surface area (Å²) in [7, 11) is 0. The van der Waals surface area contributed by atoms with Gasteiger partial charge in [0.05, 0.1) is 35.9 Å². The molecule has 2 aromatic rings. The number of alkyl halides is 2. The second-order valence-electron chi connectivity index (χ2n) is 8.84. The Hall–Kier alpha value is -3.68. The number of ether oxygens (including phenoxy) is 1. The molecule has 1 spiro atoms. The van der Waals surface area contributed by atoms with Crippen molar-refractivity contribution >= 4 is 40.4 Å². The van der Waals surface area contributed by atoms with Crippen LogP contribution in [0.4, 0.5) is 23.7 Å². The van der Waals surface area contributed by atoms with Gasteiger partial charge in [-0.05, 0) is 25.5 Å². The molecule has 3 aliphatic rings. The third kappa shape index (κ3) is 3.34. The fourth-order valence-electron chi connectivity index (χ4n) is 5.37. The summed E-state index contributed by atoms with van der Waals surface area (Å²) in [5.74, 6) is -3.61. The Morgan fingerprint density at radius 3 is 2.63 bits per heavy atom. The molecule has 3 N–H and O–H groups in total. The van der Waals surface area contributed by atoms with Gasteiger partial charge in [0.15, 0.2) is 16.9 Å². The zero-order chi connectivity index (χ0) is 25.2. The van der Waals surface area contributed by atoms with E-state index in [-0.39, 0.29) is 35.2 Å². The summed E-state index contributed by atoms with van der Waals surface area (Å²) in [6.45, 7) is 2.56. The van der Waals surface area contributed by atoms with Crippen LogP contribution in [0.3, 0.4) is 0 Å². The van der Waals surface area contributed by atoms with Crippen LogP contribution in [0.5, 0.6) is 0 Å². The molecule has 11 nitrogen and oxygen atoms in total. The number of imide groups is 2. The Kier molecular flexibility index (Phi) is 5.23. The number of anilines is 1. The van der Waals surface area contributed by atoms with Crippen molar-refractivity contribution < 1.29 is 41.6 Å². The maximum absolute atomic E-state index is 15.9. The normalized spacial score (nSPS) is 25.4. The molecule has 5 rings (SSSR count). The van der Waals surface area contributed by atoms with Crippen LogP contribution >= 0.6 is 0 Å². The van der Waals surface area contributed by atoms with Crippen molar-refractivity contribution in [1.82, 2.24) is 21.1 Å². The summed E-state index contributed by atoms with van der Waals surface area (Å²) in [6, 6.07) is -0.594. The van der Waals surface area contributed by atoms with Gasteiger partial charge in [-0.15, -0.1) is 0 Å². The van der Waals surface area contributed by atoms with Gasteiger partial charge in [-0.1, -0.05) is 5.16 Å². The third-order valence-electron chi connectivity index (χ3n) is 6.60. The smallest absolute Gasteiger partial charge is 0.328 e.